The molecule has 190 valence electrons. The molecule has 3 aromatic rings. The van der Waals surface area contributed by atoms with E-state index in [0.717, 1.165) is 40.6 Å². The topological polar surface area (TPSA) is 96.8 Å². The molecule has 1 aromatic heterocycles. The summed E-state index contributed by atoms with van der Waals surface area (Å²) in [4.78, 5) is 40.7. The first-order valence-electron chi connectivity index (χ1n) is 13.8. The van der Waals surface area contributed by atoms with E-state index in [-0.39, 0.29) is 30.2 Å². The van der Waals surface area contributed by atoms with E-state index < -0.39 is 18.4 Å². The molecular weight excluding hydrogens is 470 g/mol. The van der Waals surface area contributed by atoms with E-state index in [9.17, 15) is 14.4 Å². The summed E-state index contributed by atoms with van der Waals surface area (Å²) in [5.41, 5.74) is 3.70. The van der Waals surface area contributed by atoms with Crippen LogP contribution >= 0.6 is 0 Å². The van der Waals surface area contributed by atoms with Crippen LogP contribution in [0.2, 0.25) is 0 Å². The van der Waals surface area contributed by atoms with Crippen LogP contribution in [0.5, 0.6) is 5.75 Å². The van der Waals surface area contributed by atoms with E-state index in [1.807, 2.05) is 42.3 Å². The maximum absolute atomic E-state index is 13.2. The fraction of sp³-hybridized carbons (Fsp3) is 0.429. The van der Waals surface area contributed by atoms with Crippen LogP contribution in [0.3, 0.4) is 0 Å². The molecule has 1 spiro atoms. The van der Waals surface area contributed by atoms with E-state index in [1.165, 1.54) is 0 Å². The Hall–Kier alpha value is -3.72. The van der Waals surface area contributed by atoms with Crippen molar-refractivity contribution in [2.75, 3.05) is 19.7 Å². The van der Waals surface area contributed by atoms with Gasteiger partial charge in [0.2, 0.25) is 11.8 Å². The molecule has 3 amide bonds. The van der Waals surface area contributed by atoms with Gasteiger partial charge in [-0.3, -0.25) is 29.3 Å². The lowest BCUT2D eigenvalue weighted by Crippen LogP contribution is -2.52. The van der Waals surface area contributed by atoms with Crippen molar-refractivity contribution < 1.29 is 21.9 Å². The highest BCUT2D eigenvalue weighted by atomic mass is 16.5. The zero-order valence-electron chi connectivity index (χ0n) is 22.6. The van der Waals surface area contributed by atoms with Crippen molar-refractivity contribution in [2.24, 2.45) is 7.05 Å². The first-order chi connectivity index (χ1) is 18.7. The van der Waals surface area contributed by atoms with Gasteiger partial charge in [-0.15, -0.1) is 0 Å². The maximum Gasteiger partial charge on any atom is 0.255 e. The highest BCUT2D eigenvalue weighted by molar-refractivity contribution is 6.05. The molecule has 2 fully saturated rings. The number of piperidine rings is 2. The SMILES string of the molecule is [2H]C([2H])(c1ccc2cnn(C)c2c1)N1CCC2(CC1)COc1c2ccc2c1CN([C@H]1CCC(=O)NC1=O)C2=O. The third kappa shape index (κ3) is 3.48. The number of ether oxygens (including phenoxy) is 1. The second-order valence-corrected chi connectivity index (χ2v) is 10.6. The minimum absolute atomic E-state index is 0.208. The van der Waals surface area contributed by atoms with Crippen molar-refractivity contribution in [3.63, 3.8) is 0 Å². The molecule has 4 aliphatic rings. The predicted molar refractivity (Wildman–Crippen MR) is 135 cm³/mol. The molecule has 9 heteroatoms. The number of aryl methyl sites for hydroxylation is 1. The second-order valence-electron chi connectivity index (χ2n) is 10.6. The Morgan fingerprint density at radius 3 is 2.84 bits per heavy atom. The van der Waals surface area contributed by atoms with Crippen molar-refractivity contribution >= 4 is 28.6 Å². The minimum atomic E-state index is -1.63. The maximum atomic E-state index is 13.2. The molecule has 37 heavy (non-hydrogen) atoms. The van der Waals surface area contributed by atoms with Gasteiger partial charge in [0, 0.05) is 50.2 Å². The average molecular weight is 502 g/mol. The number of amides is 3. The lowest BCUT2D eigenvalue weighted by molar-refractivity contribution is -0.136. The summed E-state index contributed by atoms with van der Waals surface area (Å²) in [6.07, 6.45) is 3.79. The van der Waals surface area contributed by atoms with Crippen LogP contribution in [-0.2, 0) is 35.1 Å². The molecule has 0 aliphatic carbocycles. The summed E-state index contributed by atoms with van der Waals surface area (Å²) in [7, 11) is 1.86. The molecular formula is C28H29N5O4. The van der Waals surface area contributed by atoms with E-state index >= 15 is 0 Å². The lowest BCUT2D eigenvalue weighted by atomic mass is 9.74. The number of imide groups is 1. The van der Waals surface area contributed by atoms with Crippen LogP contribution in [-0.4, -0.2) is 63.0 Å². The number of rotatable bonds is 3. The van der Waals surface area contributed by atoms with Crippen LogP contribution in [0, 0.1) is 0 Å². The van der Waals surface area contributed by atoms with Crippen LogP contribution in [0.15, 0.2) is 36.5 Å². The number of carbonyl (C=O) groups excluding carboxylic acids is 3. The monoisotopic (exact) mass is 501 g/mol. The first-order valence-corrected chi connectivity index (χ1v) is 12.8. The Kier molecular flexibility index (Phi) is 4.48. The number of carbonyl (C=O) groups is 3. The Morgan fingerprint density at radius 1 is 1.19 bits per heavy atom. The molecule has 5 heterocycles. The van der Waals surface area contributed by atoms with Gasteiger partial charge >= 0.3 is 0 Å². The number of likely N-dealkylation sites (tertiary alicyclic amines) is 1. The molecule has 9 nitrogen and oxygen atoms in total. The zero-order valence-corrected chi connectivity index (χ0v) is 20.6. The Bertz CT molecular complexity index is 1560. The van der Waals surface area contributed by atoms with Crippen molar-refractivity contribution in [3.05, 3.63) is 58.8 Å². The van der Waals surface area contributed by atoms with E-state index in [0.29, 0.717) is 37.2 Å². The third-order valence-electron chi connectivity index (χ3n) is 8.49. The normalized spacial score (nSPS) is 24.1. The largest absolute Gasteiger partial charge is 0.492 e. The summed E-state index contributed by atoms with van der Waals surface area (Å²) in [5, 5.41) is 7.61. The molecule has 2 aromatic carbocycles. The third-order valence-corrected chi connectivity index (χ3v) is 8.49. The molecule has 1 N–H and O–H groups in total. The van der Waals surface area contributed by atoms with Crippen LogP contribution < -0.4 is 10.1 Å². The number of aromatic nitrogens is 2. The highest BCUT2D eigenvalue weighted by Gasteiger charge is 2.47. The van der Waals surface area contributed by atoms with Crippen LogP contribution in [0.4, 0.5) is 0 Å². The van der Waals surface area contributed by atoms with Gasteiger partial charge in [0.25, 0.3) is 5.91 Å². The van der Waals surface area contributed by atoms with Crippen molar-refractivity contribution in [1.82, 2.24) is 24.9 Å². The number of nitrogens with zero attached hydrogens (tertiary/aromatic N) is 4. The quantitative estimate of drug-likeness (QED) is 0.553. The molecule has 4 aliphatic heterocycles. The molecule has 2 saturated heterocycles. The van der Waals surface area contributed by atoms with E-state index in [4.69, 9.17) is 7.48 Å². The van der Waals surface area contributed by atoms with Crippen molar-refractivity contribution in [3.8, 4) is 5.75 Å². The Labute approximate surface area is 217 Å². The minimum Gasteiger partial charge on any atom is -0.492 e. The van der Waals surface area contributed by atoms with E-state index in [2.05, 4.69) is 10.4 Å². The summed E-state index contributed by atoms with van der Waals surface area (Å²) in [5.74, 6) is -0.209. The fourth-order valence-corrected chi connectivity index (χ4v) is 6.34. The molecule has 0 radical (unpaired) electrons. The first kappa shape index (κ1) is 20.4. The number of benzene rings is 2. The van der Waals surface area contributed by atoms with Gasteiger partial charge in [-0.1, -0.05) is 18.2 Å². The smallest absolute Gasteiger partial charge is 0.255 e. The molecule has 7 rings (SSSR count). The second kappa shape index (κ2) is 8.14. The van der Waals surface area contributed by atoms with Gasteiger partial charge in [-0.2, -0.15) is 5.10 Å². The number of hydrogen-bond acceptors (Lipinski definition) is 6. The molecule has 1 atom stereocenters. The number of fused-ring (bicyclic) bond motifs is 5. The summed E-state index contributed by atoms with van der Waals surface area (Å²) in [6.45, 7) is 0.276. The zero-order chi connectivity index (χ0) is 27.1. The summed E-state index contributed by atoms with van der Waals surface area (Å²) in [6, 6.07) is 8.81. The highest BCUT2D eigenvalue weighted by Crippen LogP contribution is 2.49. The van der Waals surface area contributed by atoms with Gasteiger partial charge in [0.05, 0.1) is 24.9 Å². The van der Waals surface area contributed by atoms with Gasteiger partial charge in [-0.05, 0) is 50.0 Å². The lowest BCUT2D eigenvalue weighted by Gasteiger charge is -2.38. The molecule has 0 bridgehead atoms. The fourth-order valence-electron chi connectivity index (χ4n) is 6.34. The molecule has 0 unspecified atom stereocenters. The van der Waals surface area contributed by atoms with Gasteiger partial charge < -0.3 is 9.64 Å². The number of nitrogens with one attached hydrogen (secondary N) is 1. The van der Waals surface area contributed by atoms with Gasteiger partial charge in [0.1, 0.15) is 11.8 Å². The van der Waals surface area contributed by atoms with Crippen LogP contribution in [0.25, 0.3) is 10.9 Å². The van der Waals surface area contributed by atoms with Gasteiger partial charge in [0.15, 0.2) is 0 Å². The summed E-state index contributed by atoms with van der Waals surface area (Å²) < 4.78 is 26.0. The molecule has 0 saturated carbocycles. The van der Waals surface area contributed by atoms with Gasteiger partial charge in [-0.25, -0.2) is 0 Å². The Balaban J connectivity index is 1.11. The van der Waals surface area contributed by atoms with E-state index in [1.54, 1.807) is 15.8 Å². The van der Waals surface area contributed by atoms with Crippen molar-refractivity contribution in [1.29, 1.82) is 0 Å². The standard InChI is InChI=1S/C28H29N5O4/c1-31-23-12-17(2-3-18(23)13-29-31)14-32-10-8-28(9-11-32)16-37-25-20-15-33(22-6-7-24(34)30-26(22)35)27(36)19(20)4-5-21(25)28/h2-5,12-13,22H,6-11,14-16H2,1H3,(H,30,34,35)/t22-/m0/s1/i14D2. The predicted octanol–water partition coefficient (Wildman–Crippen LogP) is 2.26. The Morgan fingerprint density at radius 2 is 2.03 bits per heavy atom. The average Bonchev–Trinajstić information content (AvgIpc) is 3.58. The summed E-state index contributed by atoms with van der Waals surface area (Å²) >= 11 is 0. The number of hydrogen-bond donors (Lipinski definition) is 1. The van der Waals surface area contributed by atoms with Crippen LogP contribution in [0.1, 0.15) is 55.5 Å². The van der Waals surface area contributed by atoms with Crippen molar-refractivity contribution in [2.45, 2.75) is 50.2 Å².